The van der Waals surface area contributed by atoms with Gasteiger partial charge in [-0.05, 0) is 0 Å². The molecule has 0 aliphatic carbocycles. The molecule has 48 valence electrons. The molecule has 0 radical (unpaired) electrons. The Kier molecular flexibility index (Phi) is 686. The molecule has 0 aromatic carbocycles. The summed E-state index contributed by atoms with van der Waals surface area (Å²) in [5, 5.41) is 0. The summed E-state index contributed by atoms with van der Waals surface area (Å²) in [7, 11) is 0. The fraction of sp³-hybridized carbons (Fsp3) is 0. The Labute approximate surface area is 176 Å². The zero-order chi connectivity index (χ0) is 0. The first-order chi connectivity index (χ1) is 0. The van der Waals surface area contributed by atoms with Crippen molar-refractivity contribution in [1.29, 1.82) is 0 Å². The van der Waals surface area contributed by atoms with E-state index < -0.39 is 0 Å². The molecule has 0 saturated carbocycles. The molecule has 0 N–H and O–H groups in total. The van der Waals surface area contributed by atoms with Crippen LogP contribution in [0.25, 0.3) is 0 Å². The fourth-order valence-corrected chi connectivity index (χ4v) is 0. The first-order valence-electron chi connectivity index (χ1n) is 0. The second-order valence-electron chi connectivity index (χ2n) is 0. The molecule has 0 aliphatic heterocycles. The van der Waals surface area contributed by atoms with E-state index in [-0.39, 0.29) is 180 Å². The number of hydrogen-bond acceptors (Lipinski definition) is 0. The van der Waals surface area contributed by atoms with Crippen LogP contribution in [0.5, 0.6) is 0 Å². The SMILES string of the molecule is Cl.Cl.Cl.Cl.Cl.[NaH].[NaH].[NaH].[NaH]. The Morgan fingerprint density at radius 2 is 0.222 bits per heavy atom. The Balaban J connectivity index is 0. The van der Waals surface area contributed by atoms with E-state index in [1.54, 1.807) is 0 Å². The molecule has 0 aromatic rings. The van der Waals surface area contributed by atoms with Crippen LogP contribution in [0.4, 0.5) is 0 Å². The molecular formula is H9Cl5Na4. The van der Waals surface area contributed by atoms with Crippen molar-refractivity contribution in [2.45, 2.75) is 0 Å². The molecule has 0 saturated heterocycles. The van der Waals surface area contributed by atoms with Crippen LogP contribution >= 0.6 is 62.0 Å². The van der Waals surface area contributed by atoms with Crippen molar-refractivity contribution < 1.29 is 0 Å². The zero-order valence-corrected chi connectivity index (χ0v) is 6.12. The van der Waals surface area contributed by atoms with E-state index in [4.69, 9.17) is 0 Å². The van der Waals surface area contributed by atoms with Gasteiger partial charge in [-0.25, -0.2) is 0 Å². The van der Waals surface area contributed by atoms with Crippen LogP contribution in [0.3, 0.4) is 0 Å². The van der Waals surface area contributed by atoms with Crippen LogP contribution in [0.2, 0.25) is 0 Å². The molecule has 0 aliphatic rings. The van der Waals surface area contributed by atoms with Crippen molar-refractivity contribution in [2.24, 2.45) is 0 Å². The summed E-state index contributed by atoms with van der Waals surface area (Å²) < 4.78 is 0. The van der Waals surface area contributed by atoms with E-state index in [1.165, 1.54) is 0 Å². The summed E-state index contributed by atoms with van der Waals surface area (Å²) in [6.45, 7) is 0. The second-order valence-corrected chi connectivity index (χ2v) is 0. The monoisotopic (exact) mass is 276 g/mol. The normalized spacial score (nSPS) is 0. The number of rotatable bonds is 0. The third kappa shape index (κ3) is 59.4. The van der Waals surface area contributed by atoms with Gasteiger partial charge in [0, 0.05) is 0 Å². The van der Waals surface area contributed by atoms with Crippen LogP contribution in [0.1, 0.15) is 0 Å². The third-order valence-corrected chi connectivity index (χ3v) is 0. The van der Waals surface area contributed by atoms with Crippen LogP contribution in [-0.4, -0.2) is 118 Å². The first kappa shape index (κ1) is 88.0. The quantitative estimate of drug-likeness (QED) is 0.525. The van der Waals surface area contributed by atoms with Crippen molar-refractivity contribution in [3.8, 4) is 0 Å². The second kappa shape index (κ2) is 70.2. The maximum atomic E-state index is 0. The van der Waals surface area contributed by atoms with Crippen molar-refractivity contribution in [3.63, 3.8) is 0 Å². The van der Waals surface area contributed by atoms with E-state index >= 15 is 0 Å². The first-order valence-corrected chi connectivity index (χ1v) is 0. The minimum absolute atomic E-state index is 0. The van der Waals surface area contributed by atoms with Crippen molar-refractivity contribution in [2.75, 3.05) is 0 Å². The van der Waals surface area contributed by atoms with Gasteiger partial charge in [-0.2, -0.15) is 0 Å². The van der Waals surface area contributed by atoms with Gasteiger partial charge in [0.1, 0.15) is 0 Å². The summed E-state index contributed by atoms with van der Waals surface area (Å²) in [6.07, 6.45) is 0. The summed E-state index contributed by atoms with van der Waals surface area (Å²) in [4.78, 5) is 0. The third-order valence-electron chi connectivity index (χ3n) is 0. The molecule has 9 heteroatoms. The van der Waals surface area contributed by atoms with E-state index in [9.17, 15) is 0 Å². The van der Waals surface area contributed by atoms with Crippen molar-refractivity contribution in [1.82, 2.24) is 0 Å². The van der Waals surface area contributed by atoms with Gasteiger partial charge in [0.05, 0.1) is 0 Å². The topological polar surface area (TPSA) is 0 Å². The van der Waals surface area contributed by atoms with Crippen LogP contribution in [0, 0.1) is 0 Å². The van der Waals surface area contributed by atoms with E-state index in [2.05, 4.69) is 0 Å². The summed E-state index contributed by atoms with van der Waals surface area (Å²) in [5.41, 5.74) is 0. The van der Waals surface area contributed by atoms with Gasteiger partial charge in [0.2, 0.25) is 0 Å². The Hall–Kier alpha value is 5.45. The van der Waals surface area contributed by atoms with Gasteiger partial charge in [-0.3, -0.25) is 0 Å². The summed E-state index contributed by atoms with van der Waals surface area (Å²) >= 11 is 0. The zero-order valence-electron chi connectivity index (χ0n) is 2.04. The Bertz CT molecular complexity index is 8.92. The van der Waals surface area contributed by atoms with Gasteiger partial charge in [-0.15, -0.1) is 62.0 Å². The average molecular weight is 278 g/mol. The van der Waals surface area contributed by atoms with Crippen LogP contribution in [-0.2, 0) is 0 Å². The minimum atomic E-state index is 0. The predicted molar refractivity (Wildman–Crippen MR) is 64.8 cm³/mol. The van der Waals surface area contributed by atoms with Gasteiger partial charge in [-0.1, -0.05) is 0 Å². The van der Waals surface area contributed by atoms with Crippen molar-refractivity contribution >= 4 is 180 Å². The van der Waals surface area contributed by atoms with Crippen LogP contribution < -0.4 is 0 Å². The summed E-state index contributed by atoms with van der Waals surface area (Å²) in [6, 6.07) is 0. The molecule has 0 atom stereocenters. The molecule has 0 fully saturated rings. The van der Waals surface area contributed by atoms with Crippen molar-refractivity contribution in [3.05, 3.63) is 0 Å². The Morgan fingerprint density at radius 3 is 0.222 bits per heavy atom. The van der Waals surface area contributed by atoms with E-state index in [1.807, 2.05) is 0 Å². The standard InChI is InChI=1S/5ClH.4Na.4H/h5*1H;;;;;;;;. The summed E-state index contributed by atoms with van der Waals surface area (Å²) in [5.74, 6) is 0. The molecule has 0 amide bonds. The van der Waals surface area contributed by atoms with E-state index in [0.717, 1.165) is 0 Å². The fourth-order valence-electron chi connectivity index (χ4n) is 0. The molecule has 0 rings (SSSR count). The predicted octanol–water partition coefficient (Wildman–Crippen LogP) is -0.485. The van der Waals surface area contributed by atoms with Gasteiger partial charge >= 0.3 is 118 Å². The molecular weight excluding hydrogens is 269 g/mol. The molecule has 0 heterocycles. The van der Waals surface area contributed by atoms with Crippen LogP contribution in [0.15, 0.2) is 0 Å². The Morgan fingerprint density at radius 1 is 0.222 bits per heavy atom. The molecule has 0 aromatic heterocycles. The molecule has 0 bridgehead atoms. The van der Waals surface area contributed by atoms with E-state index in [0.29, 0.717) is 0 Å². The average Bonchev–Trinajstić information content (AvgIpc) is 0. The van der Waals surface area contributed by atoms with Gasteiger partial charge in [0.15, 0.2) is 0 Å². The van der Waals surface area contributed by atoms with Gasteiger partial charge in [0.25, 0.3) is 0 Å². The maximum absolute atomic E-state index is 0. The molecule has 0 unspecified atom stereocenters. The molecule has 0 nitrogen and oxygen atoms in total. The number of hydrogen-bond donors (Lipinski definition) is 0. The molecule has 0 spiro atoms. The van der Waals surface area contributed by atoms with Gasteiger partial charge < -0.3 is 0 Å². The molecule has 9 heavy (non-hydrogen) atoms. The number of halogens is 5.